The highest BCUT2D eigenvalue weighted by Gasteiger charge is 2.14. The number of rotatable bonds is 5. The number of carbonyl (C=O) groups is 1. The third-order valence-corrected chi connectivity index (χ3v) is 1.78. The summed E-state index contributed by atoms with van der Waals surface area (Å²) in [7, 11) is -3.49. The molecule has 13 heavy (non-hydrogen) atoms. The molecule has 0 spiro atoms. The van der Waals surface area contributed by atoms with E-state index in [1.54, 1.807) is 6.92 Å². The zero-order chi connectivity index (χ0) is 10.5. The third kappa shape index (κ3) is 7.73. The van der Waals surface area contributed by atoms with Crippen LogP contribution in [0.3, 0.4) is 0 Å². The molecule has 0 N–H and O–H groups in total. The van der Waals surface area contributed by atoms with Crippen LogP contribution in [-0.2, 0) is 23.8 Å². The smallest absolute Gasteiger partial charge is 0.308 e. The van der Waals surface area contributed by atoms with Crippen molar-refractivity contribution in [3.05, 3.63) is 0 Å². The van der Waals surface area contributed by atoms with Crippen molar-refractivity contribution in [3.8, 4) is 0 Å². The van der Waals surface area contributed by atoms with Gasteiger partial charge in [-0.1, -0.05) is 0 Å². The topological polar surface area (TPSA) is 69.7 Å². The molecule has 0 aliphatic carbocycles. The molecule has 0 aliphatic heterocycles. The lowest BCUT2D eigenvalue weighted by Gasteiger charge is -2.09. The summed E-state index contributed by atoms with van der Waals surface area (Å²) in [5.41, 5.74) is 0. The second kappa shape index (κ2) is 5.18. The average molecular weight is 210 g/mol. The lowest BCUT2D eigenvalue weighted by molar-refractivity contribution is -0.144. The summed E-state index contributed by atoms with van der Waals surface area (Å²) in [6.45, 7) is 3.46. The van der Waals surface area contributed by atoms with Crippen LogP contribution in [0.5, 0.6) is 0 Å². The van der Waals surface area contributed by atoms with E-state index in [9.17, 15) is 13.2 Å². The van der Waals surface area contributed by atoms with Crippen molar-refractivity contribution in [2.75, 3.05) is 12.9 Å². The van der Waals surface area contributed by atoms with E-state index in [0.29, 0.717) is 0 Å². The van der Waals surface area contributed by atoms with E-state index in [-0.39, 0.29) is 13.0 Å². The zero-order valence-corrected chi connectivity index (χ0v) is 8.76. The van der Waals surface area contributed by atoms with Crippen LogP contribution in [0.15, 0.2) is 0 Å². The van der Waals surface area contributed by atoms with Gasteiger partial charge in [-0.05, 0) is 13.8 Å². The molecule has 0 bridgehead atoms. The van der Waals surface area contributed by atoms with Crippen LogP contribution in [0.1, 0.15) is 20.3 Å². The molecule has 6 heteroatoms. The van der Waals surface area contributed by atoms with Gasteiger partial charge in [-0.2, -0.15) is 8.42 Å². The summed E-state index contributed by atoms with van der Waals surface area (Å²) in [6.07, 6.45) is 0.212. The van der Waals surface area contributed by atoms with Gasteiger partial charge in [-0.3, -0.25) is 8.98 Å². The Morgan fingerprint density at radius 3 is 2.38 bits per heavy atom. The Morgan fingerprint density at radius 2 is 2.00 bits per heavy atom. The third-order valence-electron chi connectivity index (χ3n) is 1.10. The van der Waals surface area contributed by atoms with Crippen LogP contribution in [0.4, 0.5) is 0 Å². The number of ether oxygens (including phenoxy) is 1. The quantitative estimate of drug-likeness (QED) is 0.482. The van der Waals surface area contributed by atoms with Crippen molar-refractivity contribution in [3.63, 3.8) is 0 Å². The predicted molar refractivity (Wildman–Crippen MR) is 46.6 cm³/mol. The lowest BCUT2D eigenvalue weighted by Crippen LogP contribution is -2.19. The highest BCUT2D eigenvalue weighted by molar-refractivity contribution is 7.86. The van der Waals surface area contributed by atoms with Crippen LogP contribution in [0, 0.1) is 0 Å². The standard InChI is InChI=1S/C7H14O5S/c1-4-11-7(8)5-6(2)12-13(3,9)10/h6H,4-5H2,1-3H3/t6-/m0/s1. The predicted octanol–water partition coefficient (Wildman–Crippen LogP) is 0.304. The molecule has 1 atom stereocenters. The van der Waals surface area contributed by atoms with Gasteiger partial charge in [0.2, 0.25) is 0 Å². The Hall–Kier alpha value is -0.620. The van der Waals surface area contributed by atoms with Crippen molar-refractivity contribution in [1.82, 2.24) is 0 Å². The monoisotopic (exact) mass is 210 g/mol. The summed E-state index contributed by atoms with van der Waals surface area (Å²) in [5.74, 6) is -0.460. The summed E-state index contributed by atoms with van der Waals surface area (Å²) in [6, 6.07) is 0. The van der Waals surface area contributed by atoms with Gasteiger partial charge >= 0.3 is 5.97 Å². The molecule has 0 saturated carbocycles. The van der Waals surface area contributed by atoms with Crippen LogP contribution in [-0.4, -0.2) is 33.4 Å². The second-order valence-corrected chi connectivity index (χ2v) is 4.22. The molecule has 0 heterocycles. The van der Waals surface area contributed by atoms with Crippen LogP contribution >= 0.6 is 0 Å². The minimum atomic E-state index is -3.49. The molecule has 0 radical (unpaired) electrons. The summed E-state index contributed by atoms with van der Waals surface area (Å²) >= 11 is 0. The maximum absolute atomic E-state index is 10.8. The summed E-state index contributed by atoms with van der Waals surface area (Å²) in [5, 5.41) is 0. The number of hydrogen-bond donors (Lipinski definition) is 0. The largest absolute Gasteiger partial charge is 0.466 e. The molecule has 0 aromatic carbocycles. The van der Waals surface area contributed by atoms with E-state index in [0.717, 1.165) is 6.26 Å². The average Bonchev–Trinajstić information content (AvgIpc) is 1.81. The Morgan fingerprint density at radius 1 is 1.46 bits per heavy atom. The van der Waals surface area contributed by atoms with Crippen molar-refractivity contribution in [2.45, 2.75) is 26.4 Å². The Balaban J connectivity index is 3.88. The summed E-state index contributed by atoms with van der Waals surface area (Å²) < 4.78 is 30.4. The minimum absolute atomic E-state index is 0.0547. The van der Waals surface area contributed by atoms with Gasteiger partial charge in [-0.25, -0.2) is 0 Å². The van der Waals surface area contributed by atoms with Crippen LogP contribution in [0.2, 0.25) is 0 Å². The number of hydrogen-bond acceptors (Lipinski definition) is 5. The maximum atomic E-state index is 10.8. The first kappa shape index (κ1) is 12.4. The minimum Gasteiger partial charge on any atom is -0.466 e. The van der Waals surface area contributed by atoms with E-state index in [1.165, 1.54) is 6.92 Å². The molecule has 0 amide bonds. The fourth-order valence-electron chi connectivity index (χ4n) is 0.787. The van der Waals surface area contributed by atoms with E-state index < -0.39 is 22.2 Å². The highest BCUT2D eigenvalue weighted by Crippen LogP contribution is 2.02. The number of esters is 1. The van der Waals surface area contributed by atoms with Crippen molar-refractivity contribution < 1.29 is 22.1 Å². The number of carbonyl (C=O) groups excluding carboxylic acids is 1. The van der Waals surface area contributed by atoms with Crippen molar-refractivity contribution >= 4 is 16.1 Å². The van der Waals surface area contributed by atoms with Crippen molar-refractivity contribution in [1.29, 1.82) is 0 Å². The molecule has 0 unspecified atom stereocenters. The van der Waals surface area contributed by atoms with Crippen molar-refractivity contribution in [2.24, 2.45) is 0 Å². The first-order valence-electron chi connectivity index (χ1n) is 3.89. The molecule has 0 fully saturated rings. The Kier molecular flexibility index (Phi) is 4.94. The molecule has 0 aliphatic rings. The van der Waals surface area contributed by atoms with E-state index >= 15 is 0 Å². The van der Waals surface area contributed by atoms with Gasteiger partial charge in [0.25, 0.3) is 10.1 Å². The molecule has 0 saturated heterocycles. The van der Waals surface area contributed by atoms with Gasteiger partial charge in [0.1, 0.15) is 0 Å². The first-order chi connectivity index (χ1) is 5.85. The second-order valence-electron chi connectivity index (χ2n) is 2.62. The lowest BCUT2D eigenvalue weighted by atomic mass is 10.3. The molecular weight excluding hydrogens is 196 g/mol. The van der Waals surface area contributed by atoms with Gasteiger partial charge in [0.15, 0.2) is 0 Å². The highest BCUT2D eigenvalue weighted by atomic mass is 32.2. The molecule has 0 aromatic heterocycles. The molecule has 0 aromatic rings. The molecular formula is C7H14O5S. The Bertz CT molecular complexity index is 256. The normalized spacial score (nSPS) is 13.8. The molecule has 0 rings (SSSR count). The van der Waals surface area contributed by atoms with Crippen LogP contribution < -0.4 is 0 Å². The van der Waals surface area contributed by atoms with E-state index in [1.807, 2.05) is 0 Å². The molecule has 78 valence electrons. The van der Waals surface area contributed by atoms with E-state index in [4.69, 9.17) is 0 Å². The summed E-state index contributed by atoms with van der Waals surface area (Å²) in [4.78, 5) is 10.8. The Labute approximate surface area is 78.2 Å². The zero-order valence-electron chi connectivity index (χ0n) is 7.94. The van der Waals surface area contributed by atoms with Gasteiger partial charge in [0.05, 0.1) is 25.4 Å². The van der Waals surface area contributed by atoms with Gasteiger partial charge in [0, 0.05) is 0 Å². The fraction of sp³-hybridized carbons (Fsp3) is 0.857. The SMILES string of the molecule is CCOC(=O)C[C@H](C)OS(C)(=O)=O. The molecule has 5 nitrogen and oxygen atoms in total. The van der Waals surface area contributed by atoms with Crippen LogP contribution in [0.25, 0.3) is 0 Å². The van der Waals surface area contributed by atoms with E-state index in [2.05, 4.69) is 8.92 Å². The first-order valence-corrected chi connectivity index (χ1v) is 5.70. The van der Waals surface area contributed by atoms with Gasteiger partial charge < -0.3 is 4.74 Å². The fourth-order valence-corrected chi connectivity index (χ4v) is 1.45. The maximum Gasteiger partial charge on any atom is 0.308 e. The van der Waals surface area contributed by atoms with Gasteiger partial charge in [-0.15, -0.1) is 0 Å².